The van der Waals surface area contributed by atoms with Crippen molar-refractivity contribution in [3.63, 3.8) is 0 Å². The number of quaternary nitrogens is 1. The van der Waals surface area contributed by atoms with E-state index < -0.39 is 7.82 Å². The summed E-state index contributed by atoms with van der Waals surface area (Å²) in [5, 5.41) is 0. The van der Waals surface area contributed by atoms with Crippen LogP contribution in [0.1, 0.15) is 116 Å². The number of phosphoric ester groups is 1. The molecule has 0 radical (unpaired) electrons. The molecule has 0 amide bonds. The number of hydrogen-bond acceptors (Lipinski definition) is 5. The van der Waals surface area contributed by atoms with E-state index in [0.29, 0.717) is 13.2 Å². The second-order valence-corrected chi connectivity index (χ2v) is 12.7. The fourth-order valence-corrected chi connectivity index (χ4v) is 5.80. The Hall–Kier alpha value is -0.0100. The third-order valence-electron chi connectivity index (χ3n) is 7.33. The maximum absolute atomic E-state index is 12.4. The third kappa shape index (κ3) is 19.1. The molecule has 7 nitrogen and oxygen atoms in total. The number of phosphoric acid groups is 1. The molecule has 0 aromatic carbocycles. The Kier molecular flexibility index (Phi) is 19.7. The van der Waals surface area contributed by atoms with Crippen LogP contribution in [0.25, 0.3) is 0 Å². The molecule has 3 unspecified atom stereocenters. The number of hydrogen-bond donors (Lipinski definition) is 1. The van der Waals surface area contributed by atoms with Crippen LogP contribution in [0.15, 0.2) is 0 Å². The fraction of sp³-hybridized carbons (Fsp3) is 1.00. The molecule has 0 bridgehead atoms. The molecule has 1 aliphatic rings. The van der Waals surface area contributed by atoms with Crippen molar-refractivity contribution in [2.45, 2.75) is 128 Å². The van der Waals surface area contributed by atoms with E-state index in [0.717, 1.165) is 43.3 Å². The average molecular weight is 537 g/mol. The molecule has 1 N–H and O–H groups in total. The van der Waals surface area contributed by atoms with Crippen LogP contribution in [-0.4, -0.2) is 75.7 Å². The molecule has 3 atom stereocenters. The fourth-order valence-electron chi connectivity index (χ4n) is 4.80. The molecule has 1 fully saturated rings. The predicted molar refractivity (Wildman–Crippen MR) is 148 cm³/mol. The predicted octanol–water partition coefficient (Wildman–Crippen LogP) is 7.26. The highest BCUT2D eigenvalue weighted by Crippen LogP contribution is 2.46. The van der Waals surface area contributed by atoms with Gasteiger partial charge in [-0.15, -0.1) is 0 Å². The number of nitrogens with zero attached hydrogens (tertiary/aromatic N) is 1. The van der Waals surface area contributed by atoms with E-state index in [-0.39, 0.29) is 18.8 Å². The van der Waals surface area contributed by atoms with Crippen LogP contribution in [0.4, 0.5) is 0 Å². The maximum atomic E-state index is 12.4. The van der Waals surface area contributed by atoms with Crippen molar-refractivity contribution in [3.05, 3.63) is 0 Å². The number of rotatable bonds is 23. The van der Waals surface area contributed by atoms with Gasteiger partial charge in [0.25, 0.3) is 0 Å². The molecule has 36 heavy (non-hydrogen) atoms. The van der Waals surface area contributed by atoms with Gasteiger partial charge in [0.2, 0.25) is 0 Å². The minimum Gasteiger partial charge on any atom is -0.379 e. The first-order valence-electron chi connectivity index (χ1n) is 14.9. The van der Waals surface area contributed by atoms with Crippen LogP contribution in [-0.2, 0) is 23.1 Å². The number of likely N-dealkylation sites (tertiary alicyclic amines) is 1. The summed E-state index contributed by atoms with van der Waals surface area (Å²) < 4.78 is 35.1. The normalized spacial score (nSPS) is 20.6. The van der Waals surface area contributed by atoms with E-state index in [2.05, 4.69) is 21.0 Å². The van der Waals surface area contributed by atoms with Crippen LogP contribution in [0.3, 0.4) is 0 Å². The molecule has 0 aromatic heterocycles. The van der Waals surface area contributed by atoms with Crippen molar-refractivity contribution >= 4 is 7.82 Å². The van der Waals surface area contributed by atoms with Crippen molar-refractivity contribution in [3.8, 4) is 0 Å². The lowest BCUT2D eigenvalue weighted by atomic mass is 10.0. The van der Waals surface area contributed by atoms with Gasteiger partial charge < -0.3 is 18.9 Å². The minimum atomic E-state index is -4.11. The SMILES string of the molecule is CCCCCCCCCCCCCCCCOCC(COP(=O)(O)OC1CCC[N+](C)(C)CC1)OC. The highest BCUT2D eigenvalue weighted by molar-refractivity contribution is 7.47. The van der Waals surface area contributed by atoms with E-state index in [9.17, 15) is 9.46 Å². The Labute approximate surface area is 222 Å². The first-order chi connectivity index (χ1) is 17.3. The zero-order chi connectivity index (χ0) is 26.5. The molecule has 1 saturated heterocycles. The molecule has 8 heteroatoms. The number of ether oxygens (including phenoxy) is 2. The molecule has 0 aliphatic carbocycles. The summed E-state index contributed by atoms with van der Waals surface area (Å²) in [4.78, 5) is 10.2. The summed E-state index contributed by atoms with van der Waals surface area (Å²) >= 11 is 0. The lowest BCUT2D eigenvalue weighted by Crippen LogP contribution is -2.40. The van der Waals surface area contributed by atoms with E-state index in [1.165, 1.54) is 83.5 Å². The first kappa shape index (κ1) is 34.0. The van der Waals surface area contributed by atoms with E-state index in [1.54, 1.807) is 7.11 Å². The maximum Gasteiger partial charge on any atom is 0.472 e. The summed E-state index contributed by atoms with van der Waals surface area (Å²) in [6, 6.07) is 0. The van der Waals surface area contributed by atoms with Gasteiger partial charge in [0, 0.05) is 20.1 Å². The van der Waals surface area contributed by atoms with E-state index in [4.69, 9.17) is 18.5 Å². The Morgan fingerprint density at radius 1 is 0.833 bits per heavy atom. The Bertz CT molecular complexity index is 562. The Morgan fingerprint density at radius 2 is 1.39 bits per heavy atom. The number of unbranched alkanes of at least 4 members (excludes halogenated alkanes) is 13. The second-order valence-electron chi connectivity index (χ2n) is 11.3. The second kappa shape index (κ2) is 20.9. The zero-order valence-corrected chi connectivity index (χ0v) is 25.0. The molecule has 0 saturated carbocycles. The molecule has 1 heterocycles. The molecular weight excluding hydrogens is 477 g/mol. The van der Waals surface area contributed by atoms with Gasteiger partial charge in [-0.3, -0.25) is 9.05 Å². The van der Waals surface area contributed by atoms with E-state index >= 15 is 0 Å². The molecular formula is C28H59NO6P+. The average Bonchev–Trinajstić information content (AvgIpc) is 3.00. The van der Waals surface area contributed by atoms with Gasteiger partial charge in [0.15, 0.2) is 0 Å². The summed E-state index contributed by atoms with van der Waals surface area (Å²) in [5.41, 5.74) is 0. The summed E-state index contributed by atoms with van der Waals surface area (Å²) in [6.07, 6.45) is 20.6. The van der Waals surface area contributed by atoms with Crippen LogP contribution < -0.4 is 0 Å². The largest absolute Gasteiger partial charge is 0.472 e. The molecule has 1 aliphatic heterocycles. The van der Waals surface area contributed by atoms with Gasteiger partial charge in [0.05, 0.1) is 46.5 Å². The highest BCUT2D eigenvalue weighted by Gasteiger charge is 2.31. The quantitative estimate of drug-likeness (QED) is 0.0841. The molecule has 0 spiro atoms. The van der Waals surface area contributed by atoms with Gasteiger partial charge in [-0.1, -0.05) is 90.4 Å². The standard InChI is InChI=1S/C28H58NO6P/c1-5-6-7-8-9-10-11-12-13-14-15-16-17-18-24-33-25-28(32-4)26-34-36(30,31)35-27-20-19-22-29(2,3)23-21-27/h27-28H,5-26H2,1-4H3/p+1. The first-order valence-corrected chi connectivity index (χ1v) is 16.4. The van der Waals surface area contributed by atoms with Crippen LogP contribution in [0, 0.1) is 0 Å². The van der Waals surface area contributed by atoms with Crippen molar-refractivity contribution < 1.29 is 32.5 Å². The number of methoxy groups -OCH3 is 1. The van der Waals surface area contributed by atoms with Crippen LogP contribution >= 0.6 is 7.82 Å². The van der Waals surface area contributed by atoms with E-state index in [1.807, 2.05) is 0 Å². The Morgan fingerprint density at radius 3 is 1.94 bits per heavy atom. The van der Waals surface area contributed by atoms with Gasteiger partial charge in [-0.05, 0) is 19.3 Å². The topological polar surface area (TPSA) is 74.2 Å². The van der Waals surface area contributed by atoms with Gasteiger partial charge >= 0.3 is 7.82 Å². The monoisotopic (exact) mass is 536 g/mol. The van der Waals surface area contributed by atoms with Crippen molar-refractivity contribution in [2.24, 2.45) is 0 Å². The smallest absolute Gasteiger partial charge is 0.379 e. The zero-order valence-electron chi connectivity index (χ0n) is 24.1. The summed E-state index contributed by atoms with van der Waals surface area (Å²) in [6.45, 7) is 5.27. The van der Waals surface area contributed by atoms with Crippen molar-refractivity contribution in [1.29, 1.82) is 0 Å². The minimum absolute atomic E-state index is 0.0166. The van der Waals surface area contributed by atoms with Crippen LogP contribution in [0.2, 0.25) is 0 Å². The molecule has 0 aromatic rings. The highest BCUT2D eigenvalue weighted by atomic mass is 31.2. The van der Waals surface area contributed by atoms with Crippen molar-refractivity contribution in [1.82, 2.24) is 0 Å². The molecule has 216 valence electrons. The van der Waals surface area contributed by atoms with Gasteiger partial charge in [-0.25, -0.2) is 4.57 Å². The third-order valence-corrected chi connectivity index (χ3v) is 8.37. The lowest BCUT2D eigenvalue weighted by molar-refractivity contribution is -0.889. The summed E-state index contributed by atoms with van der Waals surface area (Å²) in [7, 11) is 1.82. The molecule has 1 rings (SSSR count). The van der Waals surface area contributed by atoms with Gasteiger partial charge in [0.1, 0.15) is 6.10 Å². The summed E-state index contributed by atoms with van der Waals surface area (Å²) in [5.74, 6) is 0. The van der Waals surface area contributed by atoms with Gasteiger partial charge in [-0.2, -0.15) is 0 Å². The van der Waals surface area contributed by atoms with Crippen molar-refractivity contribution in [2.75, 3.05) is 54.1 Å². The van der Waals surface area contributed by atoms with Crippen LogP contribution in [0.5, 0.6) is 0 Å². The lowest BCUT2D eigenvalue weighted by Gasteiger charge is -2.28. The Balaban J connectivity index is 1.98.